The van der Waals surface area contributed by atoms with E-state index in [9.17, 15) is 9.59 Å². The summed E-state index contributed by atoms with van der Waals surface area (Å²) in [5.74, 6) is 0.0300. The Morgan fingerprint density at radius 2 is 1.81 bits per heavy atom. The lowest BCUT2D eigenvalue weighted by atomic mass is 9.93. The van der Waals surface area contributed by atoms with Crippen molar-refractivity contribution in [1.29, 1.82) is 0 Å². The molecule has 1 amide bonds. The first-order valence-corrected chi connectivity index (χ1v) is 5.71. The Labute approximate surface area is 93.8 Å². The van der Waals surface area contributed by atoms with Crippen molar-refractivity contribution in [3.8, 4) is 0 Å². The van der Waals surface area contributed by atoms with E-state index in [0.717, 1.165) is 19.3 Å². The lowest BCUT2D eigenvalue weighted by Crippen LogP contribution is -2.36. The predicted molar refractivity (Wildman–Crippen MR) is 59.4 cm³/mol. The van der Waals surface area contributed by atoms with Crippen LogP contribution in [0, 0.1) is 5.92 Å². The summed E-state index contributed by atoms with van der Waals surface area (Å²) < 4.78 is 0. The molecule has 3 rings (SSSR count). The number of rotatable bonds is 0. The van der Waals surface area contributed by atoms with Gasteiger partial charge >= 0.3 is 0 Å². The van der Waals surface area contributed by atoms with Crippen LogP contribution < -0.4 is 5.32 Å². The monoisotopic (exact) mass is 215 g/mol. The minimum Gasteiger partial charge on any atom is -0.349 e. The third-order valence-corrected chi connectivity index (χ3v) is 3.61. The van der Waals surface area contributed by atoms with E-state index < -0.39 is 0 Å². The van der Waals surface area contributed by atoms with Crippen molar-refractivity contribution in [3.05, 3.63) is 35.4 Å². The zero-order valence-corrected chi connectivity index (χ0v) is 8.90. The first-order chi connectivity index (χ1) is 7.77. The van der Waals surface area contributed by atoms with Crippen LogP contribution in [0.5, 0.6) is 0 Å². The smallest absolute Gasteiger partial charge is 0.252 e. The molecule has 1 N–H and O–H groups in total. The normalized spacial score (nSPS) is 28.0. The molecule has 1 saturated carbocycles. The SMILES string of the molecule is O=C1N[C@@H]2CCC[C@@H]2C(=O)c2ccccc21. The zero-order valence-electron chi connectivity index (χ0n) is 8.90. The summed E-state index contributed by atoms with van der Waals surface area (Å²) >= 11 is 0. The largest absolute Gasteiger partial charge is 0.349 e. The molecule has 1 aromatic rings. The Morgan fingerprint density at radius 3 is 2.62 bits per heavy atom. The summed E-state index contributed by atoms with van der Waals surface area (Å²) in [5.41, 5.74) is 1.12. The Morgan fingerprint density at radius 1 is 1.06 bits per heavy atom. The first kappa shape index (κ1) is 9.58. The first-order valence-electron chi connectivity index (χ1n) is 5.71. The van der Waals surface area contributed by atoms with E-state index in [1.165, 1.54) is 0 Å². The predicted octanol–water partition coefficient (Wildman–Crippen LogP) is 1.78. The number of amides is 1. The van der Waals surface area contributed by atoms with E-state index >= 15 is 0 Å². The topological polar surface area (TPSA) is 46.2 Å². The summed E-state index contributed by atoms with van der Waals surface area (Å²) in [6.07, 6.45) is 2.86. The van der Waals surface area contributed by atoms with Gasteiger partial charge in [-0.2, -0.15) is 0 Å². The number of carbonyl (C=O) groups is 2. The third-order valence-electron chi connectivity index (χ3n) is 3.61. The molecule has 3 nitrogen and oxygen atoms in total. The molecule has 1 heterocycles. The van der Waals surface area contributed by atoms with Crippen molar-refractivity contribution in [3.63, 3.8) is 0 Å². The summed E-state index contributed by atoms with van der Waals surface area (Å²) in [6, 6.07) is 7.15. The molecular formula is C13H13NO2. The van der Waals surface area contributed by atoms with Crippen LogP contribution in [0.15, 0.2) is 24.3 Å². The van der Waals surface area contributed by atoms with Crippen LogP contribution in [0.25, 0.3) is 0 Å². The van der Waals surface area contributed by atoms with Crippen LogP contribution in [0.2, 0.25) is 0 Å². The van der Waals surface area contributed by atoms with Crippen molar-refractivity contribution in [1.82, 2.24) is 5.32 Å². The van der Waals surface area contributed by atoms with Crippen molar-refractivity contribution >= 4 is 11.7 Å². The highest BCUT2D eigenvalue weighted by atomic mass is 16.2. The number of nitrogens with one attached hydrogen (secondary N) is 1. The van der Waals surface area contributed by atoms with Crippen LogP contribution in [0.1, 0.15) is 40.0 Å². The maximum Gasteiger partial charge on any atom is 0.252 e. The fraction of sp³-hybridized carbons (Fsp3) is 0.385. The number of hydrogen-bond acceptors (Lipinski definition) is 2. The molecule has 1 fully saturated rings. The number of hydrogen-bond donors (Lipinski definition) is 1. The fourth-order valence-corrected chi connectivity index (χ4v) is 2.79. The number of benzene rings is 1. The standard InChI is InChI=1S/C13H13NO2/c15-12-8-4-1-2-5-9(8)13(16)14-11-7-3-6-10(11)12/h1-2,4-5,10-11H,3,6-7H2,(H,14,16)/t10-,11+/m0/s1. The zero-order chi connectivity index (χ0) is 11.1. The molecule has 1 aliphatic carbocycles. The molecule has 1 aromatic carbocycles. The van der Waals surface area contributed by atoms with Gasteiger partial charge in [-0.1, -0.05) is 24.6 Å². The molecule has 82 valence electrons. The van der Waals surface area contributed by atoms with Crippen molar-refractivity contribution in [2.45, 2.75) is 25.3 Å². The van der Waals surface area contributed by atoms with Gasteiger partial charge in [0.2, 0.25) is 0 Å². The third kappa shape index (κ3) is 1.28. The Hall–Kier alpha value is -1.64. The highest BCUT2D eigenvalue weighted by Gasteiger charge is 2.38. The van der Waals surface area contributed by atoms with E-state index in [4.69, 9.17) is 0 Å². The average molecular weight is 215 g/mol. The molecular weight excluding hydrogens is 202 g/mol. The highest BCUT2D eigenvalue weighted by molar-refractivity contribution is 6.11. The molecule has 1 aliphatic heterocycles. The van der Waals surface area contributed by atoms with E-state index in [2.05, 4.69) is 5.32 Å². The van der Waals surface area contributed by atoms with Gasteiger partial charge in [0, 0.05) is 17.5 Å². The molecule has 0 radical (unpaired) electrons. The van der Waals surface area contributed by atoms with Crippen molar-refractivity contribution in [2.24, 2.45) is 5.92 Å². The minimum absolute atomic E-state index is 0.00685. The van der Waals surface area contributed by atoms with Crippen LogP contribution in [-0.4, -0.2) is 17.7 Å². The van der Waals surface area contributed by atoms with Gasteiger partial charge in [0.05, 0.1) is 5.56 Å². The fourth-order valence-electron chi connectivity index (χ4n) is 2.79. The highest BCUT2D eigenvalue weighted by Crippen LogP contribution is 2.32. The quantitative estimate of drug-likeness (QED) is 0.717. The maximum absolute atomic E-state index is 12.3. The van der Waals surface area contributed by atoms with E-state index in [0.29, 0.717) is 11.1 Å². The second-order valence-corrected chi connectivity index (χ2v) is 4.53. The molecule has 0 saturated heterocycles. The number of Topliss-reactive ketones (excluding diaryl/α,β-unsaturated/α-hetero) is 1. The van der Waals surface area contributed by atoms with Gasteiger partial charge in [0.1, 0.15) is 0 Å². The van der Waals surface area contributed by atoms with E-state index in [-0.39, 0.29) is 23.7 Å². The van der Waals surface area contributed by atoms with Gasteiger partial charge in [-0.3, -0.25) is 9.59 Å². The minimum atomic E-state index is -0.0987. The van der Waals surface area contributed by atoms with Gasteiger partial charge in [0.25, 0.3) is 5.91 Å². The summed E-state index contributed by atoms with van der Waals surface area (Å²) in [4.78, 5) is 24.2. The summed E-state index contributed by atoms with van der Waals surface area (Å²) in [6.45, 7) is 0. The second-order valence-electron chi connectivity index (χ2n) is 4.53. The van der Waals surface area contributed by atoms with Gasteiger partial charge in [-0.25, -0.2) is 0 Å². The van der Waals surface area contributed by atoms with Crippen LogP contribution in [0.3, 0.4) is 0 Å². The van der Waals surface area contributed by atoms with Crippen LogP contribution >= 0.6 is 0 Å². The van der Waals surface area contributed by atoms with E-state index in [1.54, 1.807) is 18.2 Å². The van der Waals surface area contributed by atoms with Gasteiger partial charge in [-0.05, 0) is 18.9 Å². The Bertz CT molecular complexity index is 467. The number of ketones is 1. The van der Waals surface area contributed by atoms with Crippen molar-refractivity contribution in [2.75, 3.05) is 0 Å². The van der Waals surface area contributed by atoms with Gasteiger partial charge in [-0.15, -0.1) is 0 Å². The molecule has 0 aromatic heterocycles. The lowest BCUT2D eigenvalue weighted by Gasteiger charge is -2.15. The van der Waals surface area contributed by atoms with Crippen LogP contribution in [-0.2, 0) is 0 Å². The van der Waals surface area contributed by atoms with Crippen LogP contribution in [0.4, 0.5) is 0 Å². The molecule has 3 heteroatoms. The molecule has 16 heavy (non-hydrogen) atoms. The Balaban J connectivity index is 2.13. The molecule has 2 atom stereocenters. The Kier molecular flexibility index (Phi) is 2.06. The maximum atomic E-state index is 12.3. The molecule has 0 unspecified atom stereocenters. The van der Waals surface area contributed by atoms with Gasteiger partial charge < -0.3 is 5.32 Å². The lowest BCUT2D eigenvalue weighted by molar-refractivity contribution is 0.0895. The summed E-state index contributed by atoms with van der Waals surface area (Å²) in [5, 5.41) is 2.97. The van der Waals surface area contributed by atoms with E-state index in [1.807, 2.05) is 6.07 Å². The molecule has 2 aliphatic rings. The number of carbonyl (C=O) groups excluding carboxylic acids is 2. The number of fused-ring (bicyclic) bond motifs is 2. The summed E-state index contributed by atoms with van der Waals surface area (Å²) in [7, 11) is 0. The average Bonchev–Trinajstić information content (AvgIpc) is 2.72. The second kappa shape index (κ2) is 3.44. The van der Waals surface area contributed by atoms with Gasteiger partial charge in [0.15, 0.2) is 5.78 Å². The molecule has 0 spiro atoms. The molecule has 0 bridgehead atoms. The van der Waals surface area contributed by atoms with Crippen molar-refractivity contribution < 1.29 is 9.59 Å².